The summed E-state index contributed by atoms with van der Waals surface area (Å²) in [6.07, 6.45) is 1.84. The minimum absolute atomic E-state index is 0.0270. The molecule has 0 N–H and O–H groups in total. The maximum atomic E-state index is 13.8. The standard InChI is InChI=1S/C15H19F2NO3S/c1-2-3-7-18(12-6-8-22(20,21)10-12)15(19)13-9-11(16)4-5-14(13)17/h4-5,9,12H,2-3,6-8,10H2,1H3. The number of benzene rings is 1. The van der Waals surface area contributed by atoms with Crippen molar-refractivity contribution in [1.82, 2.24) is 4.90 Å². The van der Waals surface area contributed by atoms with Gasteiger partial charge in [0.1, 0.15) is 11.6 Å². The number of nitrogens with zero attached hydrogens (tertiary/aromatic N) is 1. The topological polar surface area (TPSA) is 54.5 Å². The van der Waals surface area contributed by atoms with E-state index < -0.39 is 33.4 Å². The number of amides is 1. The van der Waals surface area contributed by atoms with Crippen molar-refractivity contribution in [2.75, 3.05) is 18.1 Å². The van der Waals surface area contributed by atoms with Crippen LogP contribution in [0.25, 0.3) is 0 Å². The van der Waals surface area contributed by atoms with Crippen molar-refractivity contribution < 1.29 is 22.0 Å². The van der Waals surface area contributed by atoms with E-state index in [9.17, 15) is 22.0 Å². The molecule has 4 nitrogen and oxygen atoms in total. The quantitative estimate of drug-likeness (QED) is 0.832. The van der Waals surface area contributed by atoms with E-state index in [0.29, 0.717) is 19.4 Å². The molecule has 1 aliphatic rings. The Morgan fingerprint density at radius 3 is 2.68 bits per heavy atom. The molecule has 0 aliphatic carbocycles. The van der Waals surface area contributed by atoms with E-state index in [1.54, 1.807) is 0 Å². The minimum Gasteiger partial charge on any atom is -0.335 e. The molecule has 1 aliphatic heterocycles. The number of hydrogen-bond acceptors (Lipinski definition) is 3. The van der Waals surface area contributed by atoms with Gasteiger partial charge in [-0.2, -0.15) is 0 Å². The second-order valence-corrected chi connectivity index (χ2v) is 7.76. The molecular formula is C15H19F2NO3S. The van der Waals surface area contributed by atoms with E-state index in [4.69, 9.17) is 0 Å². The van der Waals surface area contributed by atoms with E-state index in [1.807, 2.05) is 6.92 Å². The summed E-state index contributed by atoms with van der Waals surface area (Å²) in [5.74, 6) is -2.22. The van der Waals surface area contributed by atoms with Crippen molar-refractivity contribution in [1.29, 1.82) is 0 Å². The molecular weight excluding hydrogens is 312 g/mol. The van der Waals surface area contributed by atoms with Crippen molar-refractivity contribution in [3.05, 3.63) is 35.4 Å². The van der Waals surface area contributed by atoms with Crippen LogP contribution in [0.5, 0.6) is 0 Å². The predicted octanol–water partition coefficient (Wildman–Crippen LogP) is 2.39. The molecule has 1 aromatic carbocycles. The largest absolute Gasteiger partial charge is 0.335 e. The van der Waals surface area contributed by atoms with Crippen molar-refractivity contribution in [2.24, 2.45) is 0 Å². The lowest BCUT2D eigenvalue weighted by Gasteiger charge is -2.28. The van der Waals surface area contributed by atoms with Gasteiger partial charge in [0.2, 0.25) is 0 Å². The molecule has 1 heterocycles. The molecule has 1 saturated heterocycles. The molecule has 1 atom stereocenters. The van der Waals surface area contributed by atoms with Crippen LogP contribution >= 0.6 is 0 Å². The summed E-state index contributed by atoms with van der Waals surface area (Å²) in [4.78, 5) is 13.9. The molecule has 1 aromatic rings. The van der Waals surface area contributed by atoms with E-state index in [-0.39, 0.29) is 17.1 Å². The first-order valence-electron chi connectivity index (χ1n) is 7.30. The van der Waals surface area contributed by atoms with Gasteiger partial charge in [-0.05, 0) is 31.0 Å². The van der Waals surface area contributed by atoms with Crippen LogP contribution in [0.3, 0.4) is 0 Å². The van der Waals surface area contributed by atoms with Crippen molar-refractivity contribution in [2.45, 2.75) is 32.2 Å². The first-order chi connectivity index (χ1) is 10.3. The van der Waals surface area contributed by atoms with Gasteiger partial charge in [-0.1, -0.05) is 13.3 Å². The zero-order chi connectivity index (χ0) is 16.3. The highest BCUT2D eigenvalue weighted by Crippen LogP contribution is 2.22. The highest BCUT2D eigenvalue weighted by molar-refractivity contribution is 7.91. The van der Waals surface area contributed by atoms with Gasteiger partial charge in [-0.25, -0.2) is 17.2 Å². The summed E-state index contributed by atoms with van der Waals surface area (Å²) in [6.45, 7) is 2.28. The predicted molar refractivity (Wildman–Crippen MR) is 79.4 cm³/mol. The molecule has 1 fully saturated rings. The monoisotopic (exact) mass is 331 g/mol. The van der Waals surface area contributed by atoms with Gasteiger partial charge in [-0.3, -0.25) is 4.79 Å². The molecule has 22 heavy (non-hydrogen) atoms. The van der Waals surface area contributed by atoms with Gasteiger partial charge in [-0.15, -0.1) is 0 Å². The zero-order valence-electron chi connectivity index (χ0n) is 12.4. The maximum Gasteiger partial charge on any atom is 0.257 e. The van der Waals surface area contributed by atoms with Crippen LogP contribution in [0.1, 0.15) is 36.5 Å². The lowest BCUT2D eigenvalue weighted by Crippen LogP contribution is -2.42. The van der Waals surface area contributed by atoms with Crippen LogP contribution in [0, 0.1) is 11.6 Å². The summed E-state index contributed by atoms with van der Waals surface area (Å²) >= 11 is 0. The zero-order valence-corrected chi connectivity index (χ0v) is 13.2. The van der Waals surface area contributed by atoms with Gasteiger partial charge in [0.25, 0.3) is 5.91 Å². The Balaban J connectivity index is 2.28. The third-order valence-electron chi connectivity index (χ3n) is 3.82. The SMILES string of the molecule is CCCCN(C(=O)c1cc(F)ccc1F)C1CCS(=O)(=O)C1. The fourth-order valence-electron chi connectivity index (χ4n) is 2.62. The van der Waals surface area contributed by atoms with Crippen molar-refractivity contribution in [3.63, 3.8) is 0 Å². The number of hydrogen-bond donors (Lipinski definition) is 0. The van der Waals surface area contributed by atoms with Gasteiger partial charge < -0.3 is 4.90 Å². The normalized spacial score (nSPS) is 20.0. The number of sulfone groups is 1. The number of carbonyl (C=O) groups is 1. The smallest absolute Gasteiger partial charge is 0.257 e. The Bertz CT molecular complexity index is 661. The Labute approximate surface area is 129 Å². The summed E-state index contributed by atoms with van der Waals surface area (Å²) in [5, 5.41) is 0. The lowest BCUT2D eigenvalue weighted by atomic mass is 10.1. The van der Waals surface area contributed by atoms with Crippen molar-refractivity contribution in [3.8, 4) is 0 Å². The number of carbonyl (C=O) groups excluding carboxylic acids is 1. The molecule has 0 spiro atoms. The summed E-state index contributed by atoms with van der Waals surface area (Å²) in [5.41, 5.74) is -0.347. The first-order valence-corrected chi connectivity index (χ1v) is 9.12. The molecule has 0 radical (unpaired) electrons. The van der Waals surface area contributed by atoms with Crippen molar-refractivity contribution >= 4 is 15.7 Å². The average Bonchev–Trinajstić information content (AvgIpc) is 2.82. The third kappa shape index (κ3) is 3.82. The fraction of sp³-hybridized carbons (Fsp3) is 0.533. The average molecular weight is 331 g/mol. The highest BCUT2D eigenvalue weighted by Gasteiger charge is 2.35. The van der Waals surface area contributed by atoms with Crippen LogP contribution in [-0.2, 0) is 9.84 Å². The molecule has 1 amide bonds. The van der Waals surface area contributed by atoms with Crippen LogP contribution < -0.4 is 0 Å². The van der Waals surface area contributed by atoms with Gasteiger partial charge in [0, 0.05) is 12.6 Å². The van der Waals surface area contributed by atoms with Gasteiger partial charge in [0.15, 0.2) is 9.84 Å². The Morgan fingerprint density at radius 1 is 1.36 bits per heavy atom. The number of unbranched alkanes of at least 4 members (excludes halogenated alkanes) is 1. The Morgan fingerprint density at radius 2 is 2.09 bits per heavy atom. The molecule has 2 rings (SSSR count). The highest BCUT2D eigenvalue weighted by atomic mass is 32.2. The van der Waals surface area contributed by atoms with Crippen LogP contribution in [0.2, 0.25) is 0 Å². The first kappa shape index (κ1) is 16.9. The Hall–Kier alpha value is -1.50. The minimum atomic E-state index is -3.16. The van der Waals surface area contributed by atoms with E-state index in [1.165, 1.54) is 4.90 Å². The van der Waals surface area contributed by atoms with E-state index in [0.717, 1.165) is 24.6 Å². The molecule has 0 aromatic heterocycles. The van der Waals surface area contributed by atoms with Crippen LogP contribution in [0.4, 0.5) is 8.78 Å². The second kappa shape index (κ2) is 6.73. The molecule has 0 bridgehead atoms. The van der Waals surface area contributed by atoms with E-state index in [2.05, 4.69) is 0 Å². The van der Waals surface area contributed by atoms with Gasteiger partial charge in [0.05, 0.1) is 17.1 Å². The van der Waals surface area contributed by atoms with Crippen LogP contribution in [-0.4, -0.2) is 43.3 Å². The Kier molecular flexibility index (Phi) is 5.16. The summed E-state index contributed by atoms with van der Waals surface area (Å²) < 4.78 is 50.4. The molecule has 0 saturated carbocycles. The van der Waals surface area contributed by atoms with Gasteiger partial charge >= 0.3 is 0 Å². The second-order valence-electron chi connectivity index (χ2n) is 5.53. The van der Waals surface area contributed by atoms with E-state index >= 15 is 0 Å². The third-order valence-corrected chi connectivity index (χ3v) is 5.57. The number of rotatable bonds is 5. The number of halogens is 2. The fourth-order valence-corrected chi connectivity index (χ4v) is 4.35. The van der Waals surface area contributed by atoms with Crippen LogP contribution in [0.15, 0.2) is 18.2 Å². The summed E-state index contributed by atoms with van der Waals surface area (Å²) in [6, 6.07) is 2.25. The molecule has 122 valence electrons. The molecule has 1 unspecified atom stereocenters. The molecule has 7 heteroatoms. The summed E-state index contributed by atoms with van der Waals surface area (Å²) in [7, 11) is -3.16. The maximum absolute atomic E-state index is 13.8. The lowest BCUT2D eigenvalue weighted by molar-refractivity contribution is 0.0689.